The van der Waals surface area contributed by atoms with Gasteiger partial charge in [0, 0.05) is 30.7 Å². The number of amides is 2. The topological polar surface area (TPSA) is 37.3 Å². The number of benzene rings is 2. The van der Waals surface area contributed by atoms with Gasteiger partial charge in [-0.05, 0) is 49.1 Å². The molecule has 1 N–H and O–H groups in total. The number of carbonyl (C=O) groups is 1. The standard InChI is InChI=1S/C27H35N3O/c1-4-6-9-17-30(27(31)28-26-16-8-7-14-24(26)5-2)21-25-15-11-18-29(25)20-23-13-10-12-22(3)19-23/h7-8,10-16,18-19H,4-6,9,17,20-21H2,1-3H3,(H,28,31). The van der Waals surface area contributed by atoms with Crippen LogP contribution in [0.1, 0.15) is 55.5 Å². The van der Waals surface area contributed by atoms with Gasteiger partial charge in [0.1, 0.15) is 0 Å². The summed E-state index contributed by atoms with van der Waals surface area (Å²) in [5.74, 6) is 0. The molecule has 2 aromatic carbocycles. The maximum atomic E-state index is 13.2. The predicted octanol–water partition coefficient (Wildman–Crippen LogP) is 6.63. The number of aromatic nitrogens is 1. The number of hydrogen-bond acceptors (Lipinski definition) is 1. The predicted molar refractivity (Wildman–Crippen MR) is 129 cm³/mol. The number of carbonyl (C=O) groups excluding carboxylic acids is 1. The van der Waals surface area contributed by atoms with Crippen LogP contribution in [0.5, 0.6) is 0 Å². The molecular formula is C27H35N3O. The Morgan fingerprint density at radius 2 is 1.84 bits per heavy atom. The third-order valence-corrected chi connectivity index (χ3v) is 5.67. The van der Waals surface area contributed by atoms with Crippen LogP contribution < -0.4 is 5.32 Å². The molecule has 0 bridgehead atoms. The molecule has 1 heterocycles. The molecule has 0 spiro atoms. The Hall–Kier alpha value is -3.01. The molecule has 3 rings (SSSR count). The van der Waals surface area contributed by atoms with Gasteiger partial charge in [-0.25, -0.2) is 4.79 Å². The Morgan fingerprint density at radius 3 is 2.61 bits per heavy atom. The van der Waals surface area contributed by atoms with Gasteiger partial charge in [-0.15, -0.1) is 0 Å². The highest BCUT2D eigenvalue weighted by atomic mass is 16.2. The van der Waals surface area contributed by atoms with E-state index < -0.39 is 0 Å². The molecule has 4 heteroatoms. The molecule has 0 unspecified atom stereocenters. The van der Waals surface area contributed by atoms with Gasteiger partial charge >= 0.3 is 6.03 Å². The first-order chi connectivity index (χ1) is 15.1. The maximum absolute atomic E-state index is 13.2. The highest BCUT2D eigenvalue weighted by molar-refractivity contribution is 5.90. The molecule has 31 heavy (non-hydrogen) atoms. The molecule has 0 fully saturated rings. The van der Waals surface area contributed by atoms with Crippen LogP contribution in [-0.2, 0) is 19.5 Å². The van der Waals surface area contributed by atoms with Crippen molar-refractivity contribution in [1.82, 2.24) is 9.47 Å². The van der Waals surface area contributed by atoms with E-state index in [0.717, 1.165) is 55.7 Å². The van der Waals surface area contributed by atoms with Gasteiger partial charge in [-0.2, -0.15) is 0 Å². The number of anilines is 1. The van der Waals surface area contributed by atoms with Crippen LogP contribution in [0.15, 0.2) is 66.9 Å². The maximum Gasteiger partial charge on any atom is 0.322 e. The van der Waals surface area contributed by atoms with Crippen LogP contribution in [-0.4, -0.2) is 22.0 Å². The fraction of sp³-hybridized carbons (Fsp3) is 0.370. The molecule has 2 amide bonds. The van der Waals surface area contributed by atoms with Gasteiger partial charge in [0.05, 0.1) is 6.54 Å². The Morgan fingerprint density at radius 1 is 1.00 bits per heavy atom. The summed E-state index contributed by atoms with van der Waals surface area (Å²) < 4.78 is 2.24. The highest BCUT2D eigenvalue weighted by Crippen LogP contribution is 2.18. The molecular weight excluding hydrogens is 382 g/mol. The third-order valence-electron chi connectivity index (χ3n) is 5.67. The average molecular weight is 418 g/mol. The van der Waals surface area contributed by atoms with E-state index in [2.05, 4.69) is 79.3 Å². The largest absolute Gasteiger partial charge is 0.345 e. The molecule has 0 aliphatic heterocycles. The third kappa shape index (κ3) is 6.48. The average Bonchev–Trinajstić information content (AvgIpc) is 3.20. The van der Waals surface area contributed by atoms with Gasteiger partial charge in [0.2, 0.25) is 0 Å². The zero-order valence-corrected chi connectivity index (χ0v) is 19.1. The van der Waals surface area contributed by atoms with Gasteiger partial charge < -0.3 is 14.8 Å². The summed E-state index contributed by atoms with van der Waals surface area (Å²) in [6.07, 6.45) is 6.27. The highest BCUT2D eigenvalue weighted by Gasteiger charge is 2.17. The van der Waals surface area contributed by atoms with E-state index in [9.17, 15) is 4.79 Å². The van der Waals surface area contributed by atoms with Crippen molar-refractivity contribution in [2.24, 2.45) is 0 Å². The number of aryl methyl sites for hydroxylation is 2. The number of unbranched alkanes of at least 4 members (excludes halogenated alkanes) is 2. The van der Waals surface area contributed by atoms with E-state index in [0.29, 0.717) is 6.54 Å². The van der Waals surface area contributed by atoms with Crippen molar-refractivity contribution in [3.05, 3.63) is 89.2 Å². The molecule has 4 nitrogen and oxygen atoms in total. The van der Waals surface area contributed by atoms with Crippen LogP contribution in [0.2, 0.25) is 0 Å². The summed E-state index contributed by atoms with van der Waals surface area (Å²) in [5, 5.41) is 3.16. The number of rotatable bonds is 10. The lowest BCUT2D eigenvalue weighted by atomic mass is 10.1. The summed E-state index contributed by atoms with van der Waals surface area (Å²) in [6, 6.07) is 20.8. The lowest BCUT2D eigenvalue weighted by Crippen LogP contribution is -2.36. The smallest absolute Gasteiger partial charge is 0.322 e. The van der Waals surface area contributed by atoms with Crippen LogP contribution >= 0.6 is 0 Å². The molecule has 1 aromatic heterocycles. The van der Waals surface area contributed by atoms with Crippen molar-refractivity contribution in [1.29, 1.82) is 0 Å². The quantitative estimate of drug-likeness (QED) is 0.369. The lowest BCUT2D eigenvalue weighted by Gasteiger charge is -2.25. The van der Waals surface area contributed by atoms with Crippen LogP contribution in [0, 0.1) is 6.92 Å². The number of urea groups is 1. The summed E-state index contributed by atoms with van der Waals surface area (Å²) in [7, 11) is 0. The van der Waals surface area contributed by atoms with Gasteiger partial charge in [0.25, 0.3) is 0 Å². The monoisotopic (exact) mass is 417 g/mol. The second kappa shape index (κ2) is 11.4. The number of para-hydroxylation sites is 1. The summed E-state index contributed by atoms with van der Waals surface area (Å²) in [6.45, 7) is 8.59. The van der Waals surface area contributed by atoms with E-state index in [1.54, 1.807) is 0 Å². The number of hydrogen-bond donors (Lipinski definition) is 1. The van der Waals surface area contributed by atoms with Crippen LogP contribution in [0.25, 0.3) is 0 Å². The van der Waals surface area contributed by atoms with Gasteiger partial charge in [0.15, 0.2) is 0 Å². The molecule has 0 saturated carbocycles. The molecule has 3 aromatic rings. The first-order valence-electron chi connectivity index (χ1n) is 11.4. The Bertz CT molecular complexity index is 976. The Balaban J connectivity index is 1.75. The fourth-order valence-electron chi connectivity index (χ4n) is 3.90. The Labute approximate surface area is 186 Å². The second-order valence-electron chi connectivity index (χ2n) is 8.19. The van der Waals surface area contributed by atoms with Crippen molar-refractivity contribution < 1.29 is 4.79 Å². The number of nitrogens with zero attached hydrogens (tertiary/aromatic N) is 2. The normalized spacial score (nSPS) is 10.8. The van der Waals surface area contributed by atoms with Crippen molar-refractivity contribution in [3.8, 4) is 0 Å². The minimum atomic E-state index is -0.0275. The molecule has 0 radical (unpaired) electrons. The summed E-state index contributed by atoms with van der Waals surface area (Å²) in [4.78, 5) is 15.2. The first kappa shape index (κ1) is 22.7. The minimum absolute atomic E-state index is 0.0275. The van der Waals surface area contributed by atoms with Gasteiger partial charge in [-0.3, -0.25) is 0 Å². The summed E-state index contributed by atoms with van der Waals surface area (Å²) >= 11 is 0. The molecule has 0 atom stereocenters. The molecule has 0 aliphatic rings. The fourth-order valence-corrected chi connectivity index (χ4v) is 3.90. The van der Waals surface area contributed by atoms with E-state index in [1.165, 1.54) is 11.1 Å². The van der Waals surface area contributed by atoms with E-state index in [1.807, 2.05) is 23.1 Å². The zero-order valence-electron chi connectivity index (χ0n) is 19.1. The number of nitrogens with one attached hydrogen (secondary N) is 1. The Kier molecular flexibility index (Phi) is 8.34. The molecule has 0 saturated heterocycles. The van der Waals surface area contributed by atoms with Crippen molar-refractivity contribution in [2.75, 3.05) is 11.9 Å². The van der Waals surface area contributed by atoms with Crippen molar-refractivity contribution in [3.63, 3.8) is 0 Å². The van der Waals surface area contributed by atoms with Crippen molar-refractivity contribution >= 4 is 11.7 Å². The lowest BCUT2D eigenvalue weighted by molar-refractivity contribution is 0.206. The summed E-state index contributed by atoms with van der Waals surface area (Å²) in [5.41, 5.74) is 5.76. The first-order valence-corrected chi connectivity index (χ1v) is 11.4. The minimum Gasteiger partial charge on any atom is -0.345 e. The van der Waals surface area contributed by atoms with Crippen LogP contribution in [0.4, 0.5) is 10.5 Å². The van der Waals surface area contributed by atoms with E-state index >= 15 is 0 Å². The van der Waals surface area contributed by atoms with E-state index in [4.69, 9.17) is 0 Å². The van der Waals surface area contributed by atoms with Crippen molar-refractivity contribution in [2.45, 2.75) is 59.5 Å². The van der Waals surface area contributed by atoms with E-state index in [-0.39, 0.29) is 6.03 Å². The molecule has 164 valence electrons. The molecule has 0 aliphatic carbocycles. The second-order valence-corrected chi connectivity index (χ2v) is 8.19. The zero-order chi connectivity index (χ0) is 22.1. The SMILES string of the molecule is CCCCCN(Cc1cccn1Cc1cccc(C)c1)C(=O)Nc1ccccc1CC. The van der Waals surface area contributed by atoms with Crippen LogP contribution in [0.3, 0.4) is 0 Å². The van der Waals surface area contributed by atoms with Gasteiger partial charge in [-0.1, -0.05) is 74.7 Å².